The van der Waals surface area contributed by atoms with Gasteiger partial charge >= 0.3 is 5.97 Å². The van der Waals surface area contributed by atoms with Crippen molar-refractivity contribution in [1.29, 1.82) is 0 Å². The Bertz CT molecular complexity index is 711. The van der Waals surface area contributed by atoms with Gasteiger partial charge in [-0.1, -0.05) is 59.3 Å². The van der Waals surface area contributed by atoms with Gasteiger partial charge in [-0.15, -0.1) is 0 Å². The molecule has 0 bridgehead atoms. The zero-order valence-corrected chi connectivity index (χ0v) is 17.4. The summed E-state index contributed by atoms with van der Waals surface area (Å²) in [5.41, 5.74) is -1.64. The standard InChI is InChI=1S/C21H28F5NO3/c1-4-5-6-7-8-9-10-11-30-21(29)19(12(2)3)27-20(28)13-14(22)16(24)18(26)17(25)15(13)23/h12,19H,4-11H2,1-3H3,(H,27,28). The van der Waals surface area contributed by atoms with Crippen LogP contribution in [0.5, 0.6) is 0 Å². The lowest BCUT2D eigenvalue weighted by Crippen LogP contribution is -2.46. The second-order valence-corrected chi connectivity index (χ2v) is 7.43. The minimum Gasteiger partial charge on any atom is -0.464 e. The van der Waals surface area contributed by atoms with Gasteiger partial charge in [0.1, 0.15) is 11.6 Å². The molecule has 0 spiro atoms. The van der Waals surface area contributed by atoms with Crippen molar-refractivity contribution in [2.45, 2.75) is 71.8 Å². The van der Waals surface area contributed by atoms with E-state index in [9.17, 15) is 31.5 Å². The third-order valence-corrected chi connectivity index (χ3v) is 4.64. The Kier molecular flexibility index (Phi) is 10.8. The molecular formula is C21H28F5NO3. The summed E-state index contributed by atoms with van der Waals surface area (Å²) in [5, 5.41) is 2.01. The molecule has 30 heavy (non-hydrogen) atoms. The first kappa shape index (κ1) is 25.8. The predicted octanol–water partition coefficient (Wildman–Crippen LogP) is 5.43. The molecule has 1 rings (SSSR count). The minimum atomic E-state index is -2.36. The van der Waals surface area contributed by atoms with E-state index in [2.05, 4.69) is 6.92 Å². The maximum Gasteiger partial charge on any atom is 0.328 e. The van der Waals surface area contributed by atoms with Crippen LogP contribution in [0.15, 0.2) is 0 Å². The molecular weight excluding hydrogens is 409 g/mol. The molecule has 0 heterocycles. The summed E-state index contributed by atoms with van der Waals surface area (Å²) in [7, 11) is 0. The molecule has 1 aromatic carbocycles. The zero-order chi connectivity index (χ0) is 22.8. The zero-order valence-electron chi connectivity index (χ0n) is 17.4. The third-order valence-electron chi connectivity index (χ3n) is 4.64. The van der Waals surface area contributed by atoms with E-state index in [0.717, 1.165) is 32.1 Å². The monoisotopic (exact) mass is 437 g/mol. The van der Waals surface area contributed by atoms with Crippen LogP contribution >= 0.6 is 0 Å². The molecule has 0 aliphatic carbocycles. The van der Waals surface area contributed by atoms with E-state index in [1.54, 1.807) is 13.8 Å². The van der Waals surface area contributed by atoms with Gasteiger partial charge in [0.25, 0.3) is 5.91 Å². The molecule has 0 saturated carbocycles. The Balaban J connectivity index is 2.70. The number of halogens is 5. The second-order valence-electron chi connectivity index (χ2n) is 7.43. The number of carbonyl (C=O) groups excluding carboxylic acids is 2. The van der Waals surface area contributed by atoms with Crippen molar-refractivity contribution in [2.24, 2.45) is 5.92 Å². The molecule has 0 saturated heterocycles. The van der Waals surface area contributed by atoms with Gasteiger partial charge < -0.3 is 10.1 Å². The number of hydrogen-bond acceptors (Lipinski definition) is 3. The van der Waals surface area contributed by atoms with E-state index in [1.807, 2.05) is 5.32 Å². The second kappa shape index (κ2) is 12.5. The molecule has 0 aliphatic rings. The fraction of sp³-hybridized carbons (Fsp3) is 0.619. The number of unbranched alkanes of at least 4 members (excludes halogenated alkanes) is 6. The fourth-order valence-electron chi connectivity index (χ4n) is 2.84. The molecule has 1 N–H and O–H groups in total. The summed E-state index contributed by atoms with van der Waals surface area (Å²) in [6.07, 6.45) is 7.04. The van der Waals surface area contributed by atoms with Gasteiger partial charge in [0, 0.05) is 0 Å². The molecule has 1 aromatic rings. The quantitative estimate of drug-likeness (QED) is 0.156. The molecule has 1 atom stereocenters. The molecule has 0 fully saturated rings. The maximum absolute atomic E-state index is 13.8. The summed E-state index contributed by atoms with van der Waals surface area (Å²) >= 11 is 0. The van der Waals surface area contributed by atoms with Gasteiger partial charge in [0.2, 0.25) is 5.82 Å². The largest absolute Gasteiger partial charge is 0.464 e. The molecule has 1 amide bonds. The van der Waals surface area contributed by atoms with E-state index in [-0.39, 0.29) is 6.61 Å². The van der Waals surface area contributed by atoms with E-state index in [4.69, 9.17) is 4.74 Å². The van der Waals surface area contributed by atoms with E-state index >= 15 is 0 Å². The van der Waals surface area contributed by atoms with Crippen LogP contribution in [-0.2, 0) is 9.53 Å². The van der Waals surface area contributed by atoms with Crippen LogP contribution in [0, 0.1) is 35.0 Å². The van der Waals surface area contributed by atoms with Crippen LogP contribution in [0.25, 0.3) is 0 Å². The molecule has 4 nitrogen and oxygen atoms in total. The Morgan fingerprint density at radius 3 is 1.77 bits per heavy atom. The number of nitrogens with one attached hydrogen (secondary N) is 1. The minimum absolute atomic E-state index is 0.105. The van der Waals surface area contributed by atoms with E-state index in [1.165, 1.54) is 6.42 Å². The molecule has 0 aliphatic heterocycles. The first-order valence-corrected chi connectivity index (χ1v) is 10.1. The van der Waals surface area contributed by atoms with Gasteiger partial charge in [-0.25, -0.2) is 26.7 Å². The van der Waals surface area contributed by atoms with Gasteiger partial charge in [-0.05, 0) is 12.3 Å². The fourth-order valence-corrected chi connectivity index (χ4v) is 2.84. The lowest BCUT2D eigenvalue weighted by Gasteiger charge is -2.21. The van der Waals surface area contributed by atoms with Crippen molar-refractivity contribution < 1.29 is 36.3 Å². The Morgan fingerprint density at radius 2 is 1.27 bits per heavy atom. The highest BCUT2D eigenvalue weighted by atomic mass is 19.2. The lowest BCUT2D eigenvalue weighted by atomic mass is 10.0. The average molecular weight is 437 g/mol. The number of carbonyl (C=O) groups is 2. The van der Waals surface area contributed by atoms with Gasteiger partial charge in [0.05, 0.1) is 6.61 Å². The van der Waals surface area contributed by atoms with Gasteiger partial charge in [-0.3, -0.25) is 4.79 Å². The summed E-state index contributed by atoms with van der Waals surface area (Å²) in [6.45, 7) is 5.31. The first-order chi connectivity index (χ1) is 14.1. The summed E-state index contributed by atoms with van der Waals surface area (Å²) < 4.78 is 72.5. The smallest absolute Gasteiger partial charge is 0.328 e. The maximum atomic E-state index is 13.8. The van der Waals surface area contributed by atoms with Crippen LogP contribution < -0.4 is 5.32 Å². The van der Waals surface area contributed by atoms with E-state index < -0.39 is 58.5 Å². The number of hydrogen-bond donors (Lipinski definition) is 1. The van der Waals surface area contributed by atoms with Crippen LogP contribution in [-0.4, -0.2) is 24.5 Å². The number of benzene rings is 1. The molecule has 0 aromatic heterocycles. The summed E-state index contributed by atoms with van der Waals surface area (Å²) in [4.78, 5) is 24.4. The van der Waals surface area contributed by atoms with Crippen LogP contribution in [0.4, 0.5) is 22.0 Å². The first-order valence-electron chi connectivity index (χ1n) is 10.1. The van der Waals surface area contributed by atoms with Gasteiger partial charge in [0.15, 0.2) is 23.3 Å². The number of ether oxygens (including phenoxy) is 1. The van der Waals surface area contributed by atoms with Crippen molar-refractivity contribution in [3.8, 4) is 0 Å². The van der Waals surface area contributed by atoms with Crippen LogP contribution in [0.3, 0.4) is 0 Å². The van der Waals surface area contributed by atoms with Crippen molar-refractivity contribution in [2.75, 3.05) is 6.61 Å². The summed E-state index contributed by atoms with van der Waals surface area (Å²) in [6, 6.07) is -1.31. The number of esters is 1. The van der Waals surface area contributed by atoms with Crippen molar-refractivity contribution in [1.82, 2.24) is 5.32 Å². The Hall–Kier alpha value is -2.19. The molecule has 170 valence electrons. The lowest BCUT2D eigenvalue weighted by molar-refractivity contribution is -0.147. The highest BCUT2D eigenvalue weighted by Gasteiger charge is 2.33. The molecule has 1 unspecified atom stereocenters. The topological polar surface area (TPSA) is 55.4 Å². The summed E-state index contributed by atoms with van der Waals surface area (Å²) in [5.74, 6) is -14.3. The van der Waals surface area contributed by atoms with Crippen molar-refractivity contribution >= 4 is 11.9 Å². The third kappa shape index (κ3) is 6.95. The van der Waals surface area contributed by atoms with Gasteiger partial charge in [-0.2, -0.15) is 0 Å². The average Bonchev–Trinajstić information content (AvgIpc) is 2.70. The molecule has 0 radical (unpaired) electrons. The highest BCUT2D eigenvalue weighted by molar-refractivity contribution is 5.97. The van der Waals surface area contributed by atoms with Crippen LogP contribution in [0.1, 0.15) is 76.1 Å². The number of amides is 1. The van der Waals surface area contributed by atoms with Crippen molar-refractivity contribution in [3.63, 3.8) is 0 Å². The van der Waals surface area contributed by atoms with E-state index in [0.29, 0.717) is 6.42 Å². The SMILES string of the molecule is CCCCCCCCCOC(=O)C(NC(=O)c1c(F)c(F)c(F)c(F)c1F)C(C)C. The Labute approximate surface area is 173 Å². The normalized spacial score (nSPS) is 12.2. The highest BCUT2D eigenvalue weighted by Crippen LogP contribution is 2.23. The number of rotatable bonds is 12. The van der Waals surface area contributed by atoms with Crippen LogP contribution in [0.2, 0.25) is 0 Å². The predicted molar refractivity (Wildman–Crippen MR) is 101 cm³/mol. The van der Waals surface area contributed by atoms with Crippen molar-refractivity contribution in [3.05, 3.63) is 34.6 Å². The molecule has 9 heteroatoms. The Morgan fingerprint density at radius 1 is 0.800 bits per heavy atom.